The standard InChI is InChI=1S/C16H24N6O8/c17-20-19-4-6-28-8-10-30-12-11-29-9-7-27-5-3-18-15-2-1-14(21(23)24)13-16(15)22(25)26/h1-2,13,18H,3-12H2. The van der Waals surface area contributed by atoms with Gasteiger partial charge < -0.3 is 24.3 Å². The van der Waals surface area contributed by atoms with E-state index in [0.717, 1.165) is 6.07 Å². The molecule has 0 unspecified atom stereocenters. The molecule has 0 heterocycles. The van der Waals surface area contributed by atoms with Crippen LogP contribution in [0.15, 0.2) is 23.3 Å². The van der Waals surface area contributed by atoms with Crippen LogP contribution in [-0.4, -0.2) is 75.8 Å². The fraction of sp³-hybridized carbons (Fsp3) is 0.625. The summed E-state index contributed by atoms with van der Waals surface area (Å²) >= 11 is 0. The molecule has 0 atom stereocenters. The van der Waals surface area contributed by atoms with Gasteiger partial charge in [0.25, 0.3) is 11.4 Å². The first-order chi connectivity index (χ1) is 14.6. The molecule has 0 radical (unpaired) electrons. The van der Waals surface area contributed by atoms with E-state index in [4.69, 9.17) is 24.5 Å². The molecule has 14 nitrogen and oxygen atoms in total. The lowest BCUT2D eigenvalue weighted by molar-refractivity contribution is -0.393. The highest BCUT2D eigenvalue weighted by Crippen LogP contribution is 2.28. The van der Waals surface area contributed by atoms with Gasteiger partial charge in [-0.15, -0.1) is 0 Å². The molecule has 0 saturated heterocycles. The normalized spacial score (nSPS) is 10.4. The van der Waals surface area contributed by atoms with Gasteiger partial charge >= 0.3 is 0 Å². The smallest absolute Gasteiger partial charge is 0.299 e. The molecule has 166 valence electrons. The van der Waals surface area contributed by atoms with E-state index in [2.05, 4.69) is 15.3 Å². The summed E-state index contributed by atoms with van der Waals surface area (Å²) in [6, 6.07) is 3.40. The number of rotatable bonds is 18. The Morgan fingerprint density at radius 1 is 0.900 bits per heavy atom. The summed E-state index contributed by atoms with van der Waals surface area (Å²) in [7, 11) is 0. The number of azide groups is 1. The average molecular weight is 428 g/mol. The van der Waals surface area contributed by atoms with Crippen LogP contribution in [0.2, 0.25) is 0 Å². The van der Waals surface area contributed by atoms with E-state index in [1.54, 1.807) is 0 Å². The molecule has 1 aromatic rings. The maximum atomic E-state index is 11.0. The highest BCUT2D eigenvalue weighted by molar-refractivity contribution is 5.65. The number of nitrogens with zero attached hydrogens (tertiary/aromatic N) is 5. The van der Waals surface area contributed by atoms with E-state index in [-0.39, 0.29) is 23.7 Å². The molecule has 1 rings (SSSR count). The van der Waals surface area contributed by atoms with Crippen molar-refractivity contribution in [3.63, 3.8) is 0 Å². The third-order valence-electron chi connectivity index (χ3n) is 3.47. The van der Waals surface area contributed by atoms with Crippen LogP contribution in [0.1, 0.15) is 0 Å². The summed E-state index contributed by atoms with van der Waals surface area (Å²) in [6.45, 7) is 3.55. The van der Waals surface area contributed by atoms with E-state index in [1.165, 1.54) is 12.1 Å². The molecule has 1 aromatic carbocycles. The maximum absolute atomic E-state index is 11.0. The van der Waals surface area contributed by atoms with Crippen LogP contribution < -0.4 is 5.32 Å². The Labute approximate surface area is 172 Å². The quantitative estimate of drug-likeness (QED) is 0.0914. The number of nitro benzene ring substituents is 2. The summed E-state index contributed by atoms with van der Waals surface area (Å²) in [5.41, 5.74) is 7.55. The molecule has 0 aliphatic carbocycles. The Balaban J connectivity index is 2.02. The third-order valence-corrected chi connectivity index (χ3v) is 3.47. The first-order valence-electron chi connectivity index (χ1n) is 9.04. The lowest BCUT2D eigenvalue weighted by Gasteiger charge is -2.09. The fourth-order valence-electron chi connectivity index (χ4n) is 2.10. The topological polar surface area (TPSA) is 184 Å². The first kappa shape index (κ1) is 25.0. The summed E-state index contributed by atoms with van der Waals surface area (Å²) < 4.78 is 21.1. The van der Waals surface area contributed by atoms with E-state index in [1.807, 2.05) is 0 Å². The van der Waals surface area contributed by atoms with Crippen molar-refractivity contribution in [1.29, 1.82) is 0 Å². The minimum Gasteiger partial charge on any atom is -0.379 e. The van der Waals surface area contributed by atoms with Crippen LogP contribution in [-0.2, 0) is 18.9 Å². The molecular weight excluding hydrogens is 404 g/mol. The van der Waals surface area contributed by atoms with Crippen LogP contribution in [0, 0.1) is 20.2 Å². The number of anilines is 1. The second kappa shape index (κ2) is 15.8. The molecule has 0 bridgehead atoms. The van der Waals surface area contributed by atoms with E-state index in [0.29, 0.717) is 59.3 Å². The Kier molecular flexibility index (Phi) is 13.2. The molecule has 1 N–H and O–H groups in total. The van der Waals surface area contributed by atoms with Crippen molar-refractivity contribution in [1.82, 2.24) is 0 Å². The molecule has 30 heavy (non-hydrogen) atoms. The molecule has 0 spiro atoms. The largest absolute Gasteiger partial charge is 0.379 e. The zero-order valence-corrected chi connectivity index (χ0v) is 16.3. The second-order valence-corrected chi connectivity index (χ2v) is 5.55. The van der Waals surface area contributed by atoms with Gasteiger partial charge in [-0.25, -0.2) is 0 Å². The Bertz CT molecular complexity index is 713. The van der Waals surface area contributed by atoms with Crippen molar-refractivity contribution < 1.29 is 28.8 Å². The van der Waals surface area contributed by atoms with E-state index in [9.17, 15) is 20.2 Å². The van der Waals surface area contributed by atoms with Crippen molar-refractivity contribution in [3.8, 4) is 0 Å². The molecule has 0 fully saturated rings. The number of benzene rings is 1. The van der Waals surface area contributed by atoms with Gasteiger partial charge in [-0.2, -0.15) is 0 Å². The van der Waals surface area contributed by atoms with Gasteiger partial charge in [-0.3, -0.25) is 20.2 Å². The van der Waals surface area contributed by atoms with Crippen LogP contribution in [0.25, 0.3) is 10.4 Å². The first-order valence-corrected chi connectivity index (χ1v) is 9.04. The molecule has 0 aliphatic heterocycles. The minimum atomic E-state index is -0.687. The summed E-state index contributed by atoms with van der Waals surface area (Å²) in [6.07, 6.45) is 0. The number of hydrogen-bond donors (Lipinski definition) is 1. The molecular formula is C16H24N6O8. The number of hydrogen-bond acceptors (Lipinski definition) is 10. The van der Waals surface area contributed by atoms with Crippen LogP contribution >= 0.6 is 0 Å². The van der Waals surface area contributed by atoms with Crippen LogP contribution in [0.5, 0.6) is 0 Å². The van der Waals surface area contributed by atoms with Gasteiger partial charge in [0, 0.05) is 24.1 Å². The lowest BCUT2D eigenvalue weighted by Crippen LogP contribution is -2.15. The number of ether oxygens (including phenoxy) is 4. The molecule has 14 heteroatoms. The maximum Gasteiger partial charge on any atom is 0.299 e. The van der Waals surface area contributed by atoms with Crippen molar-refractivity contribution >= 4 is 17.1 Å². The van der Waals surface area contributed by atoms with Crippen molar-refractivity contribution in [2.75, 3.05) is 71.3 Å². The van der Waals surface area contributed by atoms with Crippen molar-refractivity contribution in [2.24, 2.45) is 5.11 Å². The average Bonchev–Trinajstić information content (AvgIpc) is 2.73. The molecule has 0 saturated carbocycles. The van der Waals surface area contributed by atoms with Crippen LogP contribution in [0.4, 0.5) is 17.1 Å². The predicted octanol–water partition coefficient (Wildman–Crippen LogP) is 2.29. The highest BCUT2D eigenvalue weighted by Gasteiger charge is 2.18. The van der Waals surface area contributed by atoms with Crippen LogP contribution in [0.3, 0.4) is 0 Å². The Hall–Kier alpha value is -3.03. The zero-order valence-electron chi connectivity index (χ0n) is 16.3. The zero-order chi connectivity index (χ0) is 22.0. The number of non-ortho nitro benzene ring substituents is 1. The van der Waals surface area contributed by atoms with E-state index >= 15 is 0 Å². The SMILES string of the molecule is [N-]=[N+]=NCCOCCOCCOCCOCCNc1ccc([N+](=O)[O-])cc1[N+](=O)[O-]. The predicted molar refractivity (Wildman–Crippen MR) is 106 cm³/mol. The molecule has 0 amide bonds. The van der Waals surface area contributed by atoms with Crippen molar-refractivity contribution in [3.05, 3.63) is 48.9 Å². The van der Waals surface area contributed by atoms with Gasteiger partial charge in [-0.05, 0) is 11.6 Å². The monoisotopic (exact) mass is 428 g/mol. The third kappa shape index (κ3) is 11.1. The highest BCUT2D eigenvalue weighted by atomic mass is 16.6. The number of nitrogens with one attached hydrogen (secondary N) is 1. The lowest BCUT2D eigenvalue weighted by atomic mass is 10.2. The van der Waals surface area contributed by atoms with E-state index < -0.39 is 9.85 Å². The van der Waals surface area contributed by atoms with Gasteiger partial charge in [0.15, 0.2) is 0 Å². The Morgan fingerprint density at radius 3 is 2.00 bits per heavy atom. The van der Waals surface area contributed by atoms with Gasteiger partial charge in [0.2, 0.25) is 0 Å². The van der Waals surface area contributed by atoms with Gasteiger partial charge in [0.05, 0.1) is 68.8 Å². The van der Waals surface area contributed by atoms with Crippen molar-refractivity contribution in [2.45, 2.75) is 0 Å². The molecule has 0 aliphatic rings. The summed E-state index contributed by atoms with van der Waals surface area (Å²) in [4.78, 5) is 23.0. The summed E-state index contributed by atoms with van der Waals surface area (Å²) in [5, 5.41) is 27.9. The minimum absolute atomic E-state index is 0.185. The second-order valence-electron chi connectivity index (χ2n) is 5.55. The molecule has 0 aromatic heterocycles. The number of nitro groups is 2. The van der Waals surface area contributed by atoms with Gasteiger partial charge in [-0.1, -0.05) is 5.11 Å². The Morgan fingerprint density at radius 2 is 1.47 bits per heavy atom. The summed E-state index contributed by atoms with van der Waals surface area (Å²) in [5.74, 6) is 0. The fourth-order valence-corrected chi connectivity index (χ4v) is 2.10. The van der Waals surface area contributed by atoms with Gasteiger partial charge in [0.1, 0.15) is 5.69 Å².